The first-order valence-corrected chi connectivity index (χ1v) is 9.58. The third-order valence-corrected chi connectivity index (χ3v) is 5.38. The van der Waals surface area contributed by atoms with Gasteiger partial charge in [-0.05, 0) is 38.2 Å². The number of aryl methyl sites for hydroxylation is 1. The maximum atomic E-state index is 12.2. The number of hydrogen-bond donors (Lipinski definition) is 0. The van der Waals surface area contributed by atoms with Crippen LogP contribution in [0.4, 0.5) is 0 Å². The highest BCUT2D eigenvalue weighted by Gasteiger charge is 2.20. The van der Waals surface area contributed by atoms with Gasteiger partial charge in [0.1, 0.15) is 5.75 Å². The molecule has 1 aromatic carbocycles. The predicted octanol–water partition coefficient (Wildman–Crippen LogP) is 4.18. The van der Waals surface area contributed by atoms with Gasteiger partial charge in [-0.3, -0.25) is 9.48 Å². The molecule has 0 spiro atoms. The number of aromatic nitrogens is 3. The smallest absolute Gasteiger partial charge is 0.254 e. The minimum Gasteiger partial charge on any atom is -0.490 e. The second kappa shape index (κ2) is 7.43. The van der Waals surface area contributed by atoms with E-state index in [-0.39, 0.29) is 17.7 Å². The van der Waals surface area contributed by atoms with Crippen LogP contribution in [0.1, 0.15) is 44.2 Å². The minimum atomic E-state index is -0.0585. The average molecular weight is 363 g/mol. The van der Waals surface area contributed by atoms with Crippen LogP contribution < -0.4 is 10.3 Å². The van der Waals surface area contributed by atoms with E-state index in [1.807, 2.05) is 41.5 Å². The van der Waals surface area contributed by atoms with Gasteiger partial charge in [-0.1, -0.05) is 30.3 Å². The Hall–Kier alpha value is -2.82. The monoisotopic (exact) mass is 363 g/mol. The Kier molecular flexibility index (Phi) is 4.84. The third-order valence-electron chi connectivity index (χ3n) is 5.38. The van der Waals surface area contributed by atoms with Gasteiger partial charge in [-0.15, -0.1) is 0 Å². The summed E-state index contributed by atoms with van der Waals surface area (Å²) in [6, 6.07) is 12.0. The van der Waals surface area contributed by atoms with Crippen LogP contribution in [0.5, 0.6) is 5.75 Å². The van der Waals surface area contributed by atoms with Crippen molar-refractivity contribution in [1.29, 1.82) is 0 Å². The van der Waals surface area contributed by atoms with Crippen molar-refractivity contribution in [2.24, 2.45) is 7.05 Å². The Morgan fingerprint density at radius 2 is 1.89 bits per heavy atom. The molecule has 0 amide bonds. The Bertz CT molecular complexity index is 969. The zero-order chi connectivity index (χ0) is 18.8. The summed E-state index contributed by atoms with van der Waals surface area (Å²) in [6.45, 7) is 2.13. The van der Waals surface area contributed by atoms with E-state index < -0.39 is 0 Å². The molecule has 0 saturated heterocycles. The van der Waals surface area contributed by atoms with Gasteiger partial charge in [0, 0.05) is 36.6 Å². The van der Waals surface area contributed by atoms with Crippen molar-refractivity contribution in [3.05, 3.63) is 70.9 Å². The summed E-state index contributed by atoms with van der Waals surface area (Å²) in [5, 5.41) is 4.57. The van der Waals surface area contributed by atoms with Crippen molar-refractivity contribution in [1.82, 2.24) is 14.3 Å². The summed E-state index contributed by atoms with van der Waals surface area (Å²) >= 11 is 0. The van der Waals surface area contributed by atoms with Gasteiger partial charge in [0.25, 0.3) is 5.56 Å². The van der Waals surface area contributed by atoms with Crippen molar-refractivity contribution < 1.29 is 4.74 Å². The normalized spacial score (nSPS) is 15.8. The van der Waals surface area contributed by atoms with Gasteiger partial charge < -0.3 is 9.30 Å². The summed E-state index contributed by atoms with van der Waals surface area (Å²) in [7, 11) is 1.77. The van der Waals surface area contributed by atoms with E-state index >= 15 is 0 Å². The molecule has 2 heterocycles. The molecule has 1 atom stereocenters. The maximum absolute atomic E-state index is 12.2. The molecule has 1 unspecified atom stereocenters. The molecular weight excluding hydrogens is 338 g/mol. The summed E-state index contributed by atoms with van der Waals surface area (Å²) < 4.78 is 9.75. The SMILES string of the molecule is CC(c1ccccc1)n1cc(-c2cn(C)c(=O)cc2OC2CCCC2)cn1. The van der Waals surface area contributed by atoms with E-state index in [0.717, 1.165) is 24.0 Å². The van der Waals surface area contributed by atoms with Crippen LogP contribution in [0.25, 0.3) is 11.1 Å². The standard InChI is InChI=1S/C22H25N3O2/c1-16(17-8-4-3-5-9-17)25-14-18(13-23-25)20-15-24(2)22(26)12-21(20)27-19-10-6-7-11-19/h3-5,8-9,12-16,19H,6-7,10-11H2,1-2H3. The molecule has 0 N–H and O–H groups in total. The molecule has 1 saturated carbocycles. The zero-order valence-electron chi connectivity index (χ0n) is 15.8. The first-order chi connectivity index (χ1) is 13.1. The van der Waals surface area contributed by atoms with Crippen LogP contribution in [0.2, 0.25) is 0 Å². The summed E-state index contributed by atoms with van der Waals surface area (Å²) in [5.74, 6) is 0.664. The van der Waals surface area contributed by atoms with Gasteiger partial charge in [-0.2, -0.15) is 5.10 Å². The molecule has 3 aromatic rings. The van der Waals surface area contributed by atoms with Crippen LogP contribution in [0, 0.1) is 0 Å². The topological polar surface area (TPSA) is 49.0 Å². The molecule has 0 radical (unpaired) electrons. The van der Waals surface area contributed by atoms with Crippen LogP contribution >= 0.6 is 0 Å². The van der Waals surface area contributed by atoms with Gasteiger partial charge in [0.15, 0.2) is 0 Å². The Morgan fingerprint density at radius 3 is 2.63 bits per heavy atom. The molecule has 2 aromatic heterocycles. The van der Waals surface area contributed by atoms with Gasteiger partial charge in [0.05, 0.1) is 18.3 Å². The van der Waals surface area contributed by atoms with Gasteiger partial charge >= 0.3 is 0 Å². The fourth-order valence-corrected chi connectivity index (χ4v) is 3.69. The molecule has 5 heteroatoms. The lowest BCUT2D eigenvalue weighted by atomic mass is 10.1. The van der Waals surface area contributed by atoms with E-state index in [2.05, 4.69) is 24.2 Å². The molecule has 140 valence electrons. The van der Waals surface area contributed by atoms with Gasteiger partial charge in [0.2, 0.25) is 0 Å². The van der Waals surface area contributed by atoms with Crippen molar-refractivity contribution in [3.63, 3.8) is 0 Å². The highest BCUT2D eigenvalue weighted by Crippen LogP contribution is 2.32. The van der Waals surface area contributed by atoms with E-state index in [1.165, 1.54) is 18.4 Å². The number of nitrogens with zero attached hydrogens (tertiary/aromatic N) is 3. The maximum Gasteiger partial charge on any atom is 0.254 e. The Balaban J connectivity index is 1.67. The van der Waals surface area contributed by atoms with Crippen molar-refractivity contribution in [3.8, 4) is 16.9 Å². The Labute approximate surface area is 159 Å². The molecule has 0 aliphatic heterocycles. The molecule has 1 fully saturated rings. The van der Waals surface area contributed by atoms with Crippen LogP contribution in [0.3, 0.4) is 0 Å². The predicted molar refractivity (Wildman–Crippen MR) is 106 cm³/mol. The summed E-state index contributed by atoms with van der Waals surface area (Å²) in [4.78, 5) is 12.2. The van der Waals surface area contributed by atoms with Crippen LogP contribution in [0.15, 0.2) is 59.8 Å². The van der Waals surface area contributed by atoms with E-state index in [1.54, 1.807) is 17.7 Å². The van der Waals surface area contributed by atoms with E-state index in [4.69, 9.17) is 4.74 Å². The quantitative estimate of drug-likeness (QED) is 0.683. The van der Waals surface area contributed by atoms with Crippen molar-refractivity contribution in [2.75, 3.05) is 0 Å². The van der Waals surface area contributed by atoms with Crippen LogP contribution in [-0.4, -0.2) is 20.5 Å². The largest absolute Gasteiger partial charge is 0.490 e. The average Bonchev–Trinajstić information content (AvgIpc) is 3.37. The number of rotatable bonds is 5. The lowest BCUT2D eigenvalue weighted by Crippen LogP contribution is -2.18. The van der Waals surface area contributed by atoms with E-state index in [9.17, 15) is 4.79 Å². The van der Waals surface area contributed by atoms with E-state index in [0.29, 0.717) is 5.75 Å². The third kappa shape index (κ3) is 3.68. The summed E-state index contributed by atoms with van der Waals surface area (Å²) in [5.41, 5.74) is 3.02. The molecule has 4 rings (SSSR count). The number of ether oxygens (including phenoxy) is 1. The molecule has 27 heavy (non-hydrogen) atoms. The molecular formula is C22H25N3O2. The first-order valence-electron chi connectivity index (χ1n) is 9.58. The number of hydrogen-bond acceptors (Lipinski definition) is 3. The Morgan fingerprint density at radius 1 is 1.15 bits per heavy atom. The lowest BCUT2D eigenvalue weighted by molar-refractivity contribution is 0.210. The molecule has 1 aliphatic carbocycles. The first kappa shape index (κ1) is 17.6. The molecule has 0 bridgehead atoms. The zero-order valence-corrected chi connectivity index (χ0v) is 15.8. The highest BCUT2D eigenvalue weighted by atomic mass is 16.5. The fraction of sp³-hybridized carbons (Fsp3) is 0.364. The second-order valence-electron chi connectivity index (χ2n) is 7.32. The van der Waals surface area contributed by atoms with Gasteiger partial charge in [-0.25, -0.2) is 0 Å². The summed E-state index contributed by atoms with van der Waals surface area (Å²) in [6.07, 6.45) is 10.4. The molecule has 1 aliphatic rings. The number of pyridine rings is 1. The van der Waals surface area contributed by atoms with Crippen molar-refractivity contribution in [2.45, 2.75) is 44.8 Å². The second-order valence-corrected chi connectivity index (χ2v) is 7.32. The lowest BCUT2D eigenvalue weighted by Gasteiger charge is -2.16. The fourth-order valence-electron chi connectivity index (χ4n) is 3.69. The molecule has 5 nitrogen and oxygen atoms in total. The minimum absolute atomic E-state index is 0.0585. The van der Waals surface area contributed by atoms with Crippen LogP contribution in [-0.2, 0) is 7.05 Å². The highest BCUT2D eigenvalue weighted by molar-refractivity contribution is 5.68. The number of benzene rings is 1. The van der Waals surface area contributed by atoms with Crippen molar-refractivity contribution >= 4 is 0 Å².